The van der Waals surface area contributed by atoms with Crippen LogP contribution in [0.5, 0.6) is 0 Å². The molecule has 0 bridgehead atoms. The van der Waals surface area contributed by atoms with Crippen LogP contribution in [0.3, 0.4) is 0 Å². The van der Waals surface area contributed by atoms with Crippen LogP contribution in [0, 0.1) is 93.8 Å². The van der Waals surface area contributed by atoms with Gasteiger partial charge in [0.2, 0.25) is 0 Å². The minimum absolute atomic E-state index is 0. The summed E-state index contributed by atoms with van der Waals surface area (Å²) in [6.07, 6.45) is 0. The molecule has 0 aliphatic carbocycles. The number of halogens is 3. The van der Waals surface area contributed by atoms with Crippen LogP contribution in [-0.4, -0.2) is 0 Å². The van der Waals surface area contributed by atoms with Crippen LogP contribution in [-0.2, 0) is 0 Å². The largest absolute Gasteiger partial charge is 0.147 e. The molecule has 0 aromatic carbocycles. The van der Waals surface area contributed by atoms with Gasteiger partial charge in [0, 0.05) is 93.8 Å². The molecule has 0 aliphatic heterocycles. The van der Waals surface area contributed by atoms with Crippen molar-refractivity contribution in [1.29, 1.82) is 0 Å². The van der Waals surface area contributed by atoms with Gasteiger partial charge in [-0.1, -0.05) is 0 Å². The summed E-state index contributed by atoms with van der Waals surface area (Å²) < 4.78 is 0. The van der Waals surface area contributed by atoms with Gasteiger partial charge in [-0.25, -0.2) is 0 Å². The Labute approximate surface area is 127 Å². The average Bonchev–Trinajstić information content (AvgIpc) is 0. The Kier molecular flexibility index (Phi) is 180. The summed E-state index contributed by atoms with van der Waals surface area (Å²) in [6.45, 7) is 0. The topological polar surface area (TPSA) is 0 Å². The fourth-order valence-corrected chi connectivity index (χ4v) is 0. The summed E-state index contributed by atoms with van der Waals surface area (Å²) in [5.74, 6) is 0. The van der Waals surface area contributed by atoms with Crippen molar-refractivity contribution in [1.82, 2.24) is 0 Å². The van der Waals surface area contributed by atoms with E-state index < -0.39 is 0 Å². The summed E-state index contributed by atoms with van der Waals surface area (Å²) in [5, 5.41) is 0. The van der Waals surface area contributed by atoms with Crippen LogP contribution in [0.1, 0.15) is 0 Å². The van der Waals surface area contributed by atoms with Crippen LogP contribution in [0.25, 0.3) is 0 Å². The van der Waals surface area contributed by atoms with Gasteiger partial charge in [0.05, 0.1) is 0 Å². The van der Waals surface area contributed by atoms with E-state index in [0.29, 0.717) is 0 Å². The van der Waals surface area contributed by atoms with E-state index >= 15 is 0 Å². The van der Waals surface area contributed by atoms with Crippen LogP contribution in [0.2, 0.25) is 0 Å². The van der Waals surface area contributed by atoms with E-state index in [1.165, 1.54) is 0 Å². The fourth-order valence-electron chi connectivity index (χ4n) is 0. The first kappa shape index (κ1) is 36.5. The third-order valence-electron chi connectivity index (χ3n) is 0. The van der Waals surface area contributed by atoms with E-state index in [1.54, 1.807) is 0 Å². The van der Waals surface area contributed by atoms with E-state index in [4.69, 9.17) is 0 Å². The van der Waals surface area contributed by atoms with Crippen LogP contribution < -0.4 is 0 Å². The monoisotopic (exact) mass is 456 g/mol. The van der Waals surface area contributed by atoms with Crippen molar-refractivity contribution < 1.29 is 93.8 Å². The molecular weight excluding hydrogens is 452 g/mol. The second-order valence-corrected chi connectivity index (χ2v) is 0. The summed E-state index contributed by atoms with van der Waals surface area (Å²) >= 11 is 0. The van der Waals surface area contributed by atoms with E-state index in [2.05, 4.69) is 0 Å². The second-order valence-electron chi connectivity index (χ2n) is 0. The molecule has 0 spiro atoms. The van der Waals surface area contributed by atoms with Gasteiger partial charge in [-0.15, -0.1) is 37.2 Å². The molecule has 0 aromatic heterocycles. The number of rotatable bonds is 0. The van der Waals surface area contributed by atoms with Crippen LogP contribution in [0.15, 0.2) is 0 Å². The molecule has 0 nitrogen and oxygen atoms in total. The molecule has 0 saturated carbocycles. The molecule has 0 amide bonds. The second kappa shape index (κ2) is 24.7. The predicted octanol–water partition coefficient (Wildman–Crippen LogP) is 1.27. The normalized spacial score (nSPS) is 0. The minimum Gasteiger partial charge on any atom is -0.147 e. The van der Waals surface area contributed by atoms with Gasteiger partial charge >= 0.3 is 0 Å². The molecule has 0 heterocycles. The Balaban J connectivity index is 0. The first-order valence-electron chi connectivity index (χ1n) is 0. The SMILES string of the molecule is Cl.Cl.Cl.[Yb].[Yb]. The summed E-state index contributed by atoms with van der Waals surface area (Å²) in [6, 6.07) is 0. The van der Waals surface area contributed by atoms with Crippen LogP contribution in [0.4, 0.5) is 0 Å². The first-order valence-corrected chi connectivity index (χ1v) is 0. The van der Waals surface area contributed by atoms with Gasteiger partial charge in [0.25, 0.3) is 0 Å². The molecule has 52 valence electrons. The predicted molar refractivity (Wildman–Crippen MR) is 21.7 cm³/mol. The van der Waals surface area contributed by atoms with Crippen molar-refractivity contribution in [2.75, 3.05) is 0 Å². The van der Waals surface area contributed by atoms with Crippen molar-refractivity contribution in [3.63, 3.8) is 0 Å². The van der Waals surface area contributed by atoms with Crippen LogP contribution >= 0.6 is 37.2 Å². The average molecular weight is 455 g/mol. The summed E-state index contributed by atoms with van der Waals surface area (Å²) in [7, 11) is 0. The molecule has 0 saturated heterocycles. The number of hydrogen-bond acceptors (Lipinski definition) is 0. The standard InChI is InChI=1S/3ClH.2Yb/h3*1H;;. The number of hydrogen-bond donors (Lipinski definition) is 0. The van der Waals surface area contributed by atoms with Gasteiger partial charge in [0.1, 0.15) is 0 Å². The molecule has 0 N–H and O–H groups in total. The minimum atomic E-state index is 0. The molecule has 0 aromatic rings. The smallest absolute Gasteiger partial charge is 0 e. The molecule has 5 heavy (non-hydrogen) atoms. The fraction of sp³-hybridized carbons (Fsp3) is 0. The van der Waals surface area contributed by atoms with Gasteiger partial charge in [-0.2, -0.15) is 0 Å². The quantitative estimate of drug-likeness (QED) is 0.516. The van der Waals surface area contributed by atoms with Crippen molar-refractivity contribution in [3.05, 3.63) is 0 Å². The molecule has 0 atom stereocenters. The van der Waals surface area contributed by atoms with Gasteiger partial charge < -0.3 is 0 Å². The Bertz CT molecular complexity index is 4.85. The van der Waals surface area contributed by atoms with E-state index in [-0.39, 0.29) is 131 Å². The molecular formula is H3Cl3Yb2. The van der Waals surface area contributed by atoms with Crippen molar-refractivity contribution in [3.8, 4) is 0 Å². The molecule has 5 heteroatoms. The van der Waals surface area contributed by atoms with Gasteiger partial charge in [-0.3, -0.25) is 0 Å². The zero-order chi connectivity index (χ0) is 0. The summed E-state index contributed by atoms with van der Waals surface area (Å²) in [4.78, 5) is 0. The maximum Gasteiger partial charge on any atom is 0 e. The summed E-state index contributed by atoms with van der Waals surface area (Å²) in [5.41, 5.74) is 0. The Morgan fingerprint density at radius 2 is 0.400 bits per heavy atom. The molecule has 0 radical (unpaired) electrons. The maximum atomic E-state index is 0. The first-order chi connectivity index (χ1) is 0. The van der Waals surface area contributed by atoms with Gasteiger partial charge in [0.15, 0.2) is 0 Å². The molecule has 0 fully saturated rings. The molecule has 0 rings (SSSR count). The zero-order valence-electron chi connectivity index (χ0n) is 1.76. The van der Waals surface area contributed by atoms with Crippen molar-refractivity contribution in [2.24, 2.45) is 0 Å². The Hall–Kier alpha value is 3.91. The Morgan fingerprint density at radius 3 is 0.400 bits per heavy atom. The van der Waals surface area contributed by atoms with Gasteiger partial charge in [-0.05, 0) is 0 Å². The zero-order valence-corrected chi connectivity index (χ0v) is 7.64. The van der Waals surface area contributed by atoms with E-state index in [0.717, 1.165) is 0 Å². The molecule has 0 unspecified atom stereocenters. The maximum absolute atomic E-state index is 0. The third kappa shape index (κ3) is 18.1. The molecule has 0 aliphatic rings. The van der Waals surface area contributed by atoms with Crippen molar-refractivity contribution in [2.45, 2.75) is 0 Å². The van der Waals surface area contributed by atoms with E-state index in [1.807, 2.05) is 0 Å². The Morgan fingerprint density at radius 1 is 0.400 bits per heavy atom. The van der Waals surface area contributed by atoms with E-state index in [9.17, 15) is 0 Å². The van der Waals surface area contributed by atoms with Crippen molar-refractivity contribution >= 4 is 37.2 Å². The third-order valence-corrected chi connectivity index (χ3v) is 0.